The van der Waals surface area contributed by atoms with Gasteiger partial charge >= 0.3 is 5.97 Å². The summed E-state index contributed by atoms with van der Waals surface area (Å²) in [5.74, 6) is -0.777. The lowest BCUT2D eigenvalue weighted by Crippen LogP contribution is -2.35. The van der Waals surface area contributed by atoms with Crippen LogP contribution in [0.1, 0.15) is 18.7 Å². The molecule has 0 aromatic carbocycles. The summed E-state index contributed by atoms with van der Waals surface area (Å²) in [4.78, 5) is 30.9. The lowest BCUT2D eigenvalue weighted by atomic mass is 10.1. The molecule has 1 aromatic heterocycles. The van der Waals surface area contributed by atoms with Crippen LogP contribution in [-0.2, 0) is 20.8 Å². The smallest absolute Gasteiger partial charge is 0.353 e. The first-order valence-electron chi connectivity index (χ1n) is 5.74. The highest BCUT2D eigenvalue weighted by Crippen LogP contribution is 2.10. The normalized spacial score (nSPS) is 17.7. The van der Waals surface area contributed by atoms with Crippen molar-refractivity contribution in [3.05, 3.63) is 12.2 Å². The third-order valence-electron chi connectivity index (χ3n) is 2.56. The van der Waals surface area contributed by atoms with Gasteiger partial charge in [0, 0.05) is 19.4 Å². The molecule has 2 heterocycles. The number of rotatable bonds is 6. The fourth-order valence-corrected chi connectivity index (χ4v) is 1.58. The number of amides is 1. The second-order valence-electron chi connectivity index (χ2n) is 3.97. The van der Waals surface area contributed by atoms with Crippen molar-refractivity contribution in [3.63, 3.8) is 0 Å². The zero-order valence-corrected chi connectivity index (χ0v) is 10.00. The van der Waals surface area contributed by atoms with Gasteiger partial charge in [-0.2, -0.15) is 5.10 Å². The van der Waals surface area contributed by atoms with E-state index in [-0.39, 0.29) is 18.0 Å². The molecule has 0 fully saturated rings. The molecule has 0 spiro atoms. The van der Waals surface area contributed by atoms with Crippen LogP contribution in [0.15, 0.2) is 11.5 Å². The maximum atomic E-state index is 11.6. The summed E-state index contributed by atoms with van der Waals surface area (Å²) >= 11 is 0. The molecule has 1 unspecified atom stereocenters. The average molecular weight is 267 g/mol. The number of carboxylic acid groups (broad SMARTS) is 1. The van der Waals surface area contributed by atoms with Crippen LogP contribution >= 0.6 is 0 Å². The molecule has 1 aliphatic heterocycles. The Kier molecular flexibility index (Phi) is 4.06. The summed E-state index contributed by atoms with van der Waals surface area (Å²) in [5.41, 5.74) is -0.137. The maximum absolute atomic E-state index is 11.6. The molecule has 1 amide bonds. The number of aromatic nitrogens is 3. The molecule has 9 heteroatoms. The van der Waals surface area contributed by atoms with E-state index in [1.54, 1.807) is 0 Å². The largest absolute Gasteiger partial charge is 0.477 e. The van der Waals surface area contributed by atoms with Crippen LogP contribution in [0.25, 0.3) is 0 Å². The molecule has 9 nitrogen and oxygen atoms in total. The number of H-pyrrole nitrogens is 1. The second-order valence-corrected chi connectivity index (χ2v) is 3.97. The molecule has 0 radical (unpaired) electrons. The second kappa shape index (κ2) is 5.94. The number of carboxylic acids is 1. The molecule has 1 aromatic rings. The highest BCUT2D eigenvalue weighted by molar-refractivity contribution is 6.36. The highest BCUT2D eigenvalue weighted by atomic mass is 16.6. The molecular weight excluding hydrogens is 254 g/mol. The quantitative estimate of drug-likeness (QED) is 0.572. The molecule has 1 atom stereocenters. The van der Waals surface area contributed by atoms with E-state index in [0.717, 1.165) is 5.82 Å². The van der Waals surface area contributed by atoms with Crippen LogP contribution in [-0.4, -0.2) is 50.5 Å². The summed E-state index contributed by atoms with van der Waals surface area (Å²) in [6.07, 6.45) is 1.92. The molecule has 1 aliphatic rings. The van der Waals surface area contributed by atoms with E-state index in [1.807, 2.05) is 0 Å². The van der Waals surface area contributed by atoms with Gasteiger partial charge in [0.1, 0.15) is 12.2 Å². The monoisotopic (exact) mass is 267 g/mol. The fourth-order valence-electron chi connectivity index (χ4n) is 1.58. The minimum Gasteiger partial charge on any atom is -0.477 e. The van der Waals surface area contributed by atoms with Crippen molar-refractivity contribution in [2.24, 2.45) is 5.16 Å². The number of carbonyl (C=O) groups excluding carboxylic acids is 1. The average Bonchev–Trinajstić information content (AvgIpc) is 3.05. The Balaban J connectivity index is 1.64. The predicted octanol–water partition coefficient (Wildman–Crippen LogP) is -0.917. The van der Waals surface area contributed by atoms with Gasteiger partial charge in [-0.25, -0.2) is 9.78 Å². The Morgan fingerprint density at radius 2 is 2.42 bits per heavy atom. The number of nitrogens with one attached hydrogen (secondary N) is 2. The van der Waals surface area contributed by atoms with Gasteiger partial charge in [0.25, 0.3) is 5.91 Å². The topological polar surface area (TPSA) is 130 Å². The lowest BCUT2D eigenvalue weighted by molar-refractivity contribution is -0.131. The number of nitrogens with zero attached hydrogens (tertiary/aromatic N) is 3. The Bertz CT molecular complexity index is 484. The van der Waals surface area contributed by atoms with Crippen LogP contribution < -0.4 is 5.32 Å². The van der Waals surface area contributed by atoms with Crippen molar-refractivity contribution in [1.29, 1.82) is 0 Å². The van der Waals surface area contributed by atoms with Gasteiger partial charge in [0.2, 0.25) is 6.10 Å². The first-order chi connectivity index (χ1) is 9.16. The number of carbonyl (C=O) groups is 2. The van der Waals surface area contributed by atoms with Crippen molar-refractivity contribution in [2.45, 2.75) is 25.4 Å². The molecule has 0 saturated carbocycles. The third-order valence-corrected chi connectivity index (χ3v) is 2.56. The van der Waals surface area contributed by atoms with Crippen LogP contribution in [0.4, 0.5) is 0 Å². The summed E-state index contributed by atoms with van der Waals surface area (Å²) in [6, 6.07) is 0. The maximum Gasteiger partial charge on any atom is 0.353 e. The molecule has 3 N–H and O–H groups in total. The van der Waals surface area contributed by atoms with E-state index >= 15 is 0 Å². The first kappa shape index (κ1) is 13.0. The van der Waals surface area contributed by atoms with E-state index in [0.29, 0.717) is 19.4 Å². The number of hydrogen-bond donors (Lipinski definition) is 3. The van der Waals surface area contributed by atoms with E-state index in [9.17, 15) is 9.59 Å². The number of aromatic amines is 1. The molecule has 2 rings (SSSR count). The van der Waals surface area contributed by atoms with Crippen molar-refractivity contribution >= 4 is 17.6 Å². The van der Waals surface area contributed by atoms with E-state index < -0.39 is 12.1 Å². The Hall–Kier alpha value is -2.45. The predicted molar refractivity (Wildman–Crippen MR) is 62.3 cm³/mol. The zero-order chi connectivity index (χ0) is 13.7. The number of aliphatic carboxylic acids is 1. The van der Waals surface area contributed by atoms with Crippen molar-refractivity contribution in [1.82, 2.24) is 20.5 Å². The number of oxime groups is 1. The fraction of sp³-hybridized carbons (Fsp3) is 0.500. The van der Waals surface area contributed by atoms with Gasteiger partial charge in [0.05, 0.1) is 0 Å². The van der Waals surface area contributed by atoms with Gasteiger partial charge in [-0.15, -0.1) is 0 Å². The lowest BCUT2D eigenvalue weighted by Gasteiger charge is -2.08. The van der Waals surface area contributed by atoms with E-state index in [1.165, 1.54) is 6.33 Å². The van der Waals surface area contributed by atoms with Gasteiger partial charge in [-0.05, 0) is 6.42 Å². The molecule has 0 bridgehead atoms. The number of aryl methyl sites for hydroxylation is 1. The summed E-state index contributed by atoms with van der Waals surface area (Å²) in [7, 11) is 0. The van der Waals surface area contributed by atoms with Crippen LogP contribution in [0.5, 0.6) is 0 Å². The summed E-state index contributed by atoms with van der Waals surface area (Å²) in [6.45, 7) is 0.446. The van der Waals surface area contributed by atoms with Crippen LogP contribution in [0.2, 0.25) is 0 Å². The van der Waals surface area contributed by atoms with E-state index in [2.05, 4.69) is 25.7 Å². The Labute approximate surface area is 108 Å². The highest BCUT2D eigenvalue weighted by Gasteiger charge is 2.31. The molecular formula is C10H13N5O4. The number of hydrogen-bond acceptors (Lipinski definition) is 6. The van der Waals surface area contributed by atoms with E-state index in [4.69, 9.17) is 9.94 Å². The minimum absolute atomic E-state index is 0.0106. The molecule has 0 aliphatic carbocycles. The van der Waals surface area contributed by atoms with Crippen LogP contribution in [0.3, 0.4) is 0 Å². The summed E-state index contributed by atoms with van der Waals surface area (Å²) < 4.78 is 0. The van der Waals surface area contributed by atoms with Gasteiger partial charge in [-0.1, -0.05) is 5.16 Å². The van der Waals surface area contributed by atoms with Crippen molar-refractivity contribution in [2.75, 3.05) is 6.54 Å². The standard InChI is InChI=1S/C10H13N5O4/c16-9(7-4-6(10(17)18)15-19-7)11-3-1-2-8-12-5-13-14-8/h5,7H,1-4H2,(H,11,16)(H,17,18)(H,12,13,14). The van der Waals surface area contributed by atoms with Gasteiger partial charge < -0.3 is 15.3 Å². The third kappa shape index (κ3) is 3.50. The SMILES string of the molecule is O=C(O)C1=NOC(C(=O)NCCCc2ncn[nH]2)C1. The Morgan fingerprint density at radius 3 is 3.05 bits per heavy atom. The first-order valence-corrected chi connectivity index (χ1v) is 5.74. The molecule has 19 heavy (non-hydrogen) atoms. The zero-order valence-electron chi connectivity index (χ0n) is 10.00. The van der Waals surface area contributed by atoms with Crippen molar-refractivity contribution in [3.8, 4) is 0 Å². The van der Waals surface area contributed by atoms with Crippen LogP contribution in [0, 0.1) is 0 Å². The van der Waals surface area contributed by atoms with Gasteiger partial charge in [-0.3, -0.25) is 9.89 Å². The van der Waals surface area contributed by atoms with Crippen molar-refractivity contribution < 1.29 is 19.5 Å². The summed E-state index contributed by atoms with van der Waals surface area (Å²) in [5, 5.41) is 21.1. The molecule has 0 saturated heterocycles. The molecule has 102 valence electrons. The van der Waals surface area contributed by atoms with Gasteiger partial charge in [0.15, 0.2) is 5.71 Å². The minimum atomic E-state index is -1.17. The Morgan fingerprint density at radius 1 is 1.58 bits per heavy atom.